The van der Waals surface area contributed by atoms with Gasteiger partial charge in [-0.15, -0.1) is 23.1 Å². The first-order valence-corrected chi connectivity index (χ1v) is 13.1. The third-order valence-electron chi connectivity index (χ3n) is 4.54. The predicted octanol–water partition coefficient (Wildman–Crippen LogP) is 4.19. The van der Waals surface area contributed by atoms with Crippen molar-refractivity contribution in [2.24, 2.45) is 0 Å². The zero-order valence-corrected chi connectivity index (χ0v) is 18.9. The molecule has 1 amide bonds. The molecule has 0 spiro atoms. The highest BCUT2D eigenvalue weighted by atomic mass is 32.2. The SMILES string of the molecule is CCOc1ccc(S(=O)(=O)N2CCCCC2)cc1NC(=O)CSCc1cccs1. The molecule has 6 nitrogen and oxygen atoms in total. The van der Waals surface area contributed by atoms with Crippen LogP contribution in [0.1, 0.15) is 31.1 Å². The summed E-state index contributed by atoms with van der Waals surface area (Å²) >= 11 is 3.18. The molecular weight excluding hydrogens is 428 g/mol. The molecular formula is C20H26N2O4S3. The molecule has 1 fully saturated rings. The summed E-state index contributed by atoms with van der Waals surface area (Å²) in [5.74, 6) is 1.35. The molecule has 158 valence electrons. The minimum Gasteiger partial charge on any atom is -0.492 e. The van der Waals surface area contributed by atoms with Crippen molar-refractivity contribution >= 4 is 44.7 Å². The highest BCUT2D eigenvalue weighted by Gasteiger charge is 2.27. The lowest BCUT2D eigenvalue weighted by Crippen LogP contribution is -2.35. The minimum absolute atomic E-state index is 0.181. The fourth-order valence-corrected chi connectivity index (χ4v) is 6.34. The number of piperidine rings is 1. The fourth-order valence-electron chi connectivity index (χ4n) is 3.13. The number of hydrogen-bond donors (Lipinski definition) is 1. The molecule has 0 aliphatic carbocycles. The van der Waals surface area contributed by atoms with Crippen LogP contribution in [0.25, 0.3) is 0 Å². The second-order valence-electron chi connectivity index (χ2n) is 6.68. The lowest BCUT2D eigenvalue weighted by molar-refractivity contribution is -0.113. The number of nitrogens with zero attached hydrogens (tertiary/aromatic N) is 1. The number of anilines is 1. The number of ether oxygens (including phenoxy) is 1. The molecule has 2 aromatic rings. The van der Waals surface area contributed by atoms with Crippen molar-refractivity contribution < 1.29 is 17.9 Å². The van der Waals surface area contributed by atoms with Crippen molar-refractivity contribution in [3.05, 3.63) is 40.6 Å². The third kappa shape index (κ3) is 5.97. The summed E-state index contributed by atoms with van der Waals surface area (Å²) in [6.45, 7) is 3.35. The fraction of sp³-hybridized carbons (Fsp3) is 0.450. The van der Waals surface area contributed by atoms with Crippen LogP contribution in [-0.4, -0.2) is 44.1 Å². The molecule has 0 saturated carbocycles. The van der Waals surface area contributed by atoms with Gasteiger partial charge in [0.1, 0.15) is 5.75 Å². The molecule has 1 aromatic heterocycles. The average Bonchev–Trinajstić information content (AvgIpc) is 3.23. The normalized spacial score (nSPS) is 15.2. The number of thiophene rings is 1. The first kappa shape index (κ1) is 22.1. The number of thioether (sulfide) groups is 1. The molecule has 1 aromatic carbocycles. The number of sulfonamides is 1. The van der Waals surface area contributed by atoms with Gasteiger partial charge >= 0.3 is 0 Å². The second kappa shape index (κ2) is 10.5. The Morgan fingerprint density at radius 2 is 2.03 bits per heavy atom. The van der Waals surface area contributed by atoms with E-state index in [1.165, 1.54) is 27.0 Å². The van der Waals surface area contributed by atoms with Gasteiger partial charge in [0.25, 0.3) is 0 Å². The summed E-state index contributed by atoms with van der Waals surface area (Å²) in [5.41, 5.74) is 0.395. The number of amides is 1. The molecule has 0 atom stereocenters. The van der Waals surface area contributed by atoms with Crippen LogP contribution in [0.15, 0.2) is 40.6 Å². The summed E-state index contributed by atoms with van der Waals surface area (Å²) in [4.78, 5) is 13.8. The van der Waals surface area contributed by atoms with Crippen LogP contribution < -0.4 is 10.1 Å². The predicted molar refractivity (Wildman–Crippen MR) is 119 cm³/mol. The lowest BCUT2D eigenvalue weighted by atomic mass is 10.2. The van der Waals surface area contributed by atoms with E-state index in [0.29, 0.717) is 31.1 Å². The molecule has 2 heterocycles. The number of rotatable bonds is 9. The Bertz CT molecular complexity index is 908. The third-order valence-corrected chi connectivity index (χ3v) is 8.47. The van der Waals surface area contributed by atoms with Gasteiger partial charge in [0.05, 0.1) is 22.9 Å². The van der Waals surface area contributed by atoms with Gasteiger partial charge in [-0.05, 0) is 49.4 Å². The number of benzene rings is 1. The zero-order chi connectivity index (χ0) is 20.7. The van der Waals surface area contributed by atoms with Gasteiger partial charge in [-0.25, -0.2) is 8.42 Å². The van der Waals surface area contributed by atoms with E-state index in [4.69, 9.17) is 4.74 Å². The highest BCUT2D eigenvalue weighted by Crippen LogP contribution is 2.30. The van der Waals surface area contributed by atoms with Gasteiger partial charge in [-0.1, -0.05) is 12.5 Å². The van der Waals surface area contributed by atoms with Gasteiger partial charge in [0.2, 0.25) is 15.9 Å². The maximum Gasteiger partial charge on any atom is 0.243 e. The molecule has 0 radical (unpaired) electrons. The van der Waals surface area contributed by atoms with E-state index < -0.39 is 10.0 Å². The molecule has 1 aliphatic rings. The smallest absolute Gasteiger partial charge is 0.243 e. The van der Waals surface area contributed by atoms with Gasteiger partial charge in [-0.3, -0.25) is 4.79 Å². The summed E-state index contributed by atoms with van der Waals surface area (Å²) < 4.78 is 33.0. The molecule has 1 N–H and O–H groups in total. The average molecular weight is 455 g/mol. The van der Waals surface area contributed by atoms with E-state index in [1.807, 2.05) is 24.4 Å². The van der Waals surface area contributed by atoms with Gasteiger partial charge in [-0.2, -0.15) is 4.31 Å². The number of hydrogen-bond acceptors (Lipinski definition) is 6. The summed E-state index contributed by atoms with van der Waals surface area (Å²) in [6, 6.07) is 8.71. The first-order chi connectivity index (χ1) is 14.0. The van der Waals surface area contributed by atoms with Crippen LogP contribution in [0, 0.1) is 0 Å². The first-order valence-electron chi connectivity index (χ1n) is 9.67. The van der Waals surface area contributed by atoms with Crippen molar-refractivity contribution in [1.82, 2.24) is 4.31 Å². The van der Waals surface area contributed by atoms with Crippen molar-refractivity contribution in [3.63, 3.8) is 0 Å². The summed E-state index contributed by atoms with van der Waals surface area (Å²) in [6.07, 6.45) is 2.81. The van der Waals surface area contributed by atoms with Gasteiger partial charge < -0.3 is 10.1 Å². The summed E-state index contributed by atoms with van der Waals surface area (Å²) in [5, 5.41) is 4.84. The quantitative estimate of drug-likeness (QED) is 0.615. The molecule has 1 saturated heterocycles. The van der Waals surface area contributed by atoms with E-state index in [0.717, 1.165) is 25.0 Å². The molecule has 0 bridgehead atoms. The standard InChI is InChI=1S/C20H26N2O4S3/c1-2-26-19-9-8-17(29(24,25)22-10-4-3-5-11-22)13-18(19)21-20(23)15-27-14-16-7-6-12-28-16/h6-9,12-13H,2-5,10-11,14-15H2,1H3,(H,21,23). The zero-order valence-electron chi connectivity index (χ0n) is 16.4. The van der Waals surface area contributed by atoms with Crippen LogP contribution in [0.3, 0.4) is 0 Å². The van der Waals surface area contributed by atoms with E-state index >= 15 is 0 Å². The lowest BCUT2D eigenvalue weighted by Gasteiger charge is -2.26. The maximum atomic E-state index is 13.0. The monoisotopic (exact) mass is 454 g/mol. The Morgan fingerprint density at radius 1 is 1.24 bits per heavy atom. The van der Waals surface area contributed by atoms with Crippen LogP contribution in [0.4, 0.5) is 5.69 Å². The Labute approximate surface area is 180 Å². The highest BCUT2D eigenvalue weighted by molar-refractivity contribution is 7.99. The Hall–Kier alpha value is -1.55. The molecule has 9 heteroatoms. The largest absolute Gasteiger partial charge is 0.492 e. The van der Waals surface area contributed by atoms with Gasteiger partial charge in [0, 0.05) is 23.7 Å². The number of nitrogens with one attached hydrogen (secondary N) is 1. The van der Waals surface area contributed by atoms with Gasteiger partial charge in [0.15, 0.2) is 0 Å². The molecule has 29 heavy (non-hydrogen) atoms. The Morgan fingerprint density at radius 3 is 2.72 bits per heavy atom. The number of carbonyl (C=O) groups excluding carboxylic acids is 1. The van der Waals surface area contributed by atoms with Crippen molar-refractivity contribution in [1.29, 1.82) is 0 Å². The molecule has 3 rings (SSSR count). The van der Waals surface area contributed by atoms with Crippen LogP contribution in [-0.2, 0) is 20.6 Å². The minimum atomic E-state index is -3.58. The summed E-state index contributed by atoms with van der Waals surface area (Å²) in [7, 11) is -3.58. The second-order valence-corrected chi connectivity index (χ2v) is 10.6. The molecule has 1 aliphatic heterocycles. The van der Waals surface area contributed by atoms with E-state index in [2.05, 4.69) is 5.32 Å². The van der Waals surface area contributed by atoms with Crippen molar-refractivity contribution in [2.45, 2.75) is 36.8 Å². The molecule has 0 unspecified atom stereocenters. The van der Waals surface area contributed by atoms with E-state index in [-0.39, 0.29) is 16.6 Å². The Kier molecular flexibility index (Phi) is 7.99. The van der Waals surface area contributed by atoms with Crippen LogP contribution in [0.2, 0.25) is 0 Å². The van der Waals surface area contributed by atoms with E-state index in [1.54, 1.807) is 23.5 Å². The topological polar surface area (TPSA) is 75.7 Å². The van der Waals surface area contributed by atoms with Crippen molar-refractivity contribution in [3.8, 4) is 5.75 Å². The van der Waals surface area contributed by atoms with Crippen LogP contribution in [0.5, 0.6) is 5.75 Å². The maximum absolute atomic E-state index is 13.0. The number of carbonyl (C=O) groups is 1. The Balaban J connectivity index is 1.71. The van der Waals surface area contributed by atoms with E-state index in [9.17, 15) is 13.2 Å². The van der Waals surface area contributed by atoms with Crippen molar-refractivity contribution in [2.75, 3.05) is 30.8 Å². The van der Waals surface area contributed by atoms with Crippen LogP contribution >= 0.6 is 23.1 Å².